The van der Waals surface area contributed by atoms with Crippen LogP contribution >= 0.6 is 0 Å². The first kappa shape index (κ1) is 12.5. The highest BCUT2D eigenvalue weighted by atomic mass is 16.4. The van der Waals surface area contributed by atoms with E-state index in [2.05, 4.69) is 14.7 Å². The number of amidine groups is 1. The summed E-state index contributed by atoms with van der Waals surface area (Å²) in [7, 11) is 1.94. The number of oxime groups is 1. The van der Waals surface area contributed by atoms with E-state index in [0.717, 1.165) is 18.9 Å². The van der Waals surface area contributed by atoms with E-state index in [0.29, 0.717) is 0 Å². The molecule has 6 nitrogen and oxygen atoms in total. The topological polar surface area (TPSA) is 79.7 Å². The van der Waals surface area contributed by atoms with Crippen LogP contribution in [0.5, 0.6) is 0 Å². The van der Waals surface area contributed by atoms with Gasteiger partial charge in [-0.25, -0.2) is 4.98 Å². The Morgan fingerprint density at radius 1 is 1.75 bits per heavy atom. The normalized spacial score (nSPS) is 14.4. The molecular weight excluding hydrogens is 206 g/mol. The fourth-order valence-corrected chi connectivity index (χ4v) is 1.41. The van der Waals surface area contributed by atoms with Gasteiger partial charge in [0.15, 0.2) is 5.84 Å². The molecule has 0 aliphatic rings. The zero-order valence-corrected chi connectivity index (χ0v) is 9.96. The van der Waals surface area contributed by atoms with Crippen molar-refractivity contribution in [2.75, 3.05) is 13.6 Å². The minimum atomic E-state index is -0.0752. The molecule has 90 valence electrons. The van der Waals surface area contributed by atoms with Crippen LogP contribution in [0.25, 0.3) is 0 Å². The summed E-state index contributed by atoms with van der Waals surface area (Å²) in [6, 6.07) is -0.0752. The fourth-order valence-electron chi connectivity index (χ4n) is 1.41. The van der Waals surface area contributed by atoms with E-state index >= 15 is 0 Å². The van der Waals surface area contributed by atoms with Gasteiger partial charge in [0.25, 0.3) is 0 Å². The van der Waals surface area contributed by atoms with Crippen LogP contribution in [0.3, 0.4) is 0 Å². The number of hydrogen-bond acceptors (Lipinski definition) is 4. The Balaban J connectivity index is 2.47. The van der Waals surface area contributed by atoms with Crippen molar-refractivity contribution in [2.45, 2.75) is 26.4 Å². The second-order valence-corrected chi connectivity index (χ2v) is 3.85. The van der Waals surface area contributed by atoms with Crippen LogP contribution in [0.2, 0.25) is 0 Å². The van der Waals surface area contributed by atoms with Gasteiger partial charge < -0.3 is 15.5 Å². The van der Waals surface area contributed by atoms with Crippen LogP contribution in [-0.2, 0) is 6.54 Å². The number of aryl methyl sites for hydroxylation is 1. The van der Waals surface area contributed by atoms with Gasteiger partial charge in [-0.3, -0.25) is 4.90 Å². The van der Waals surface area contributed by atoms with Gasteiger partial charge in [-0.15, -0.1) is 0 Å². The van der Waals surface area contributed by atoms with Crippen molar-refractivity contribution in [3.63, 3.8) is 0 Å². The molecule has 1 heterocycles. The van der Waals surface area contributed by atoms with Crippen molar-refractivity contribution in [1.29, 1.82) is 0 Å². The second kappa shape index (κ2) is 5.50. The lowest BCUT2D eigenvalue weighted by atomic mass is 10.3. The predicted octanol–water partition coefficient (Wildman–Crippen LogP) is 0.258. The van der Waals surface area contributed by atoms with E-state index < -0.39 is 0 Å². The summed E-state index contributed by atoms with van der Waals surface area (Å²) >= 11 is 0. The monoisotopic (exact) mass is 225 g/mol. The molecule has 0 aliphatic carbocycles. The first-order valence-electron chi connectivity index (χ1n) is 5.21. The van der Waals surface area contributed by atoms with Gasteiger partial charge in [-0.2, -0.15) is 0 Å². The molecule has 1 aromatic heterocycles. The molecule has 3 N–H and O–H groups in total. The zero-order valence-electron chi connectivity index (χ0n) is 9.96. The zero-order chi connectivity index (χ0) is 12.1. The molecule has 0 saturated carbocycles. The Morgan fingerprint density at radius 2 is 2.44 bits per heavy atom. The summed E-state index contributed by atoms with van der Waals surface area (Å²) < 4.78 is 2.06. The molecule has 1 rings (SSSR count). The van der Waals surface area contributed by atoms with Gasteiger partial charge in [0.05, 0.1) is 6.04 Å². The Labute approximate surface area is 95.4 Å². The molecule has 0 aliphatic heterocycles. The molecule has 16 heavy (non-hydrogen) atoms. The summed E-state index contributed by atoms with van der Waals surface area (Å²) in [5.41, 5.74) is 5.54. The predicted molar refractivity (Wildman–Crippen MR) is 62.5 cm³/mol. The third-order valence-corrected chi connectivity index (χ3v) is 2.82. The lowest BCUT2D eigenvalue weighted by molar-refractivity contribution is 0.276. The van der Waals surface area contributed by atoms with E-state index in [1.807, 2.05) is 32.0 Å². The van der Waals surface area contributed by atoms with Gasteiger partial charge >= 0.3 is 0 Å². The molecule has 1 aromatic rings. The average Bonchev–Trinajstić information content (AvgIpc) is 2.69. The van der Waals surface area contributed by atoms with E-state index in [9.17, 15) is 0 Å². The molecule has 0 aromatic carbocycles. The second-order valence-electron chi connectivity index (χ2n) is 3.85. The average molecular weight is 225 g/mol. The molecule has 0 saturated heterocycles. The highest BCUT2D eigenvalue weighted by Crippen LogP contribution is 1.99. The van der Waals surface area contributed by atoms with Crippen LogP contribution in [-0.4, -0.2) is 45.1 Å². The number of nitrogens with zero attached hydrogens (tertiary/aromatic N) is 4. The quantitative estimate of drug-likeness (QED) is 0.326. The van der Waals surface area contributed by atoms with Crippen LogP contribution in [0.4, 0.5) is 0 Å². The largest absolute Gasteiger partial charge is 0.409 e. The first-order chi connectivity index (χ1) is 7.56. The molecule has 0 bridgehead atoms. The Kier molecular flexibility index (Phi) is 4.30. The standard InChI is InChI=1S/C10H19N5O/c1-8(10(11)13-16)14(3)6-7-15-5-4-12-9(15)2/h4-5,8,16H,6-7H2,1-3H3,(H2,11,13). The summed E-state index contributed by atoms with van der Waals surface area (Å²) in [5, 5.41) is 11.6. The van der Waals surface area contributed by atoms with E-state index in [1.165, 1.54) is 0 Å². The van der Waals surface area contributed by atoms with Gasteiger partial charge in [0.1, 0.15) is 5.82 Å². The minimum absolute atomic E-state index is 0.0752. The molecule has 0 amide bonds. The van der Waals surface area contributed by atoms with Crippen molar-refractivity contribution in [2.24, 2.45) is 10.9 Å². The Hall–Kier alpha value is -1.56. The van der Waals surface area contributed by atoms with Crippen molar-refractivity contribution >= 4 is 5.84 Å². The van der Waals surface area contributed by atoms with E-state index in [1.54, 1.807) is 6.20 Å². The van der Waals surface area contributed by atoms with Crippen LogP contribution in [0.15, 0.2) is 17.5 Å². The fraction of sp³-hybridized carbons (Fsp3) is 0.600. The number of nitrogens with two attached hydrogens (primary N) is 1. The van der Waals surface area contributed by atoms with Crippen molar-refractivity contribution in [1.82, 2.24) is 14.5 Å². The summed E-state index contributed by atoms with van der Waals surface area (Å²) in [6.45, 7) is 5.52. The van der Waals surface area contributed by atoms with Crippen LogP contribution in [0.1, 0.15) is 12.7 Å². The maximum atomic E-state index is 8.57. The number of likely N-dealkylation sites (N-methyl/N-ethyl adjacent to an activating group) is 1. The van der Waals surface area contributed by atoms with Gasteiger partial charge in [0.2, 0.25) is 0 Å². The third kappa shape index (κ3) is 2.96. The van der Waals surface area contributed by atoms with Crippen molar-refractivity contribution in [3.8, 4) is 0 Å². The highest BCUT2D eigenvalue weighted by Gasteiger charge is 2.13. The smallest absolute Gasteiger partial charge is 0.156 e. The van der Waals surface area contributed by atoms with Gasteiger partial charge in [-0.1, -0.05) is 5.16 Å². The summed E-state index contributed by atoms with van der Waals surface area (Å²) in [6.07, 6.45) is 3.72. The molecule has 1 atom stereocenters. The van der Waals surface area contributed by atoms with E-state index in [4.69, 9.17) is 10.9 Å². The SMILES string of the molecule is Cc1nccn1CCN(C)C(C)C(N)=NO. The Bertz CT molecular complexity index is 360. The van der Waals surface area contributed by atoms with Crippen molar-refractivity contribution < 1.29 is 5.21 Å². The molecular formula is C10H19N5O. The molecule has 6 heteroatoms. The number of rotatable bonds is 5. The summed E-state index contributed by atoms with van der Waals surface area (Å²) in [4.78, 5) is 6.17. The highest BCUT2D eigenvalue weighted by molar-refractivity contribution is 5.84. The number of aromatic nitrogens is 2. The van der Waals surface area contributed by atoms with Gasteiger partial charge in [-0.05, 0) is 20.9 Å². The van der Waals surface area contributed by atoms with Crippen LogP contribution < -0.4 is 5.73 Å². The molecule has 0 radical (unpaired) electrons. The van der Waals surface area contributed by atoms with Gasteiger partial charge in [0, 0.05) is 25.5 Å². The van der Waals surface area contributed by atoms with Crippen molar-refractivity contribution in [3.05, 3.63) is 18.2 Å². The maximum absolute atomic E-state index is 8.57. The molecule has 1 unspecified atom stereocenters. The van der Waals surface area contributed by atoms with E-state index in [-0.39, 0.29) is 11.9 Å². The third-order valence-electron chi connectivity index (χ3n) is 2.82. The maximum Gasteiger partial charge on any atom is 0.156 e. The lowest BCUT2D eigenvalue weighted by Crippen LogP contribution is -2.41. The lowest BCUT2D eigenvalue weighted by Gasteiger charge is -2.23. The van der Waals surface area contributed by atoms with Crippen LogP contribution in [0, 0.1) is 6.92 Å². The minimum Gasteiger partial charge on any atom is -0.409 e. The number of imidazole rings is 1. The Morgan fingerprint density at radius 3 is 2.94 bits per heavy atom. The summed E-state index contributed by atoms with van der Waals surface area (Å²) in [5.74, 6) is 1.22. The number of hydrogen-bond donors (Lipinski definition) is 2. The molecule has 0 spiro atoms. The first-order valence-corrected chi connectivity index (χ1v) is 5.21. The molecule has 0 fully saturated rings.